The number of hydrogen-bond donors (Lipinski definition) is 2. The highest BCUT2D eigenvalue weighted by Gasteiger charge is 2.22. The van der Waals surface area contributed by atoms with Crippen molar-refractivity contribution in [3.8, 4) is 0 Å². The first-order valence-electron chi connectivity index (χ1n) is 6.20. The summed E-state index contributed by atoms with van der Waals surface area (Å²) in [6.45, 7) is 1.95. The zero-order chi connectivity index (χ0) is 15.6. The first kappa shape index (κ1) is 16.1. The molecule has 4 nitrogen and oxygen atoms in total. The Labute approximate surface area is 137 Å². The Bertz CT molecular complexity index is 758. The van der Waals surface area contributed by atoms with E-state index in [9.17, 15) is 8.42 Å². The number of hydrogen-bond acceptors (Lipinski definition) is 3. The van der Waals surface area contributed by atoms with Crippen molar-refractivity contribution in [1.82, 2.24) is 0 Å². The Balaban J connectivity index is 2.48. The first-order valence-corrected chi connectivity index (χ1v) is 8.86. The van der Waals surface area contributed by atoms with Crippen molar-refractivity contribution in [2.75, 3.05) is 10.5 Å². The lowest BCUT2D eigenvalue weighted by atomic mass is 10.1. The van der Waals surface area contributed by atoms with Gasteiger partial charge in [-0.1, -0.05) is 40.5 Å². The van der Waals surface area contributed by atoms with Crippen molar-refractivity contribution >= 4 is 48.9 Å². The Morgan fingerprint density at radius 1 is 1.29 bits per heavy atom. The van der Waals surface area contributed by atoms with Gasteiger partial charge in [0.1, 0.15) is 4.90 Å². The maximum atomic E-state index is 12.5. The molecule has 2 aromatic carbocycles. The molecule has 2 rings (SSSR count). The van der Waals surface area contributed by atoms with Crippen molar-refractivity contribution in [1.29, 1.82) is 0 Å². The molecule has 21 heavy (non-hydrogen) atoms. The molecule has 112 valence electrons. The summed E-state index contributed by atoms with van der Waals surface area (Å²) >= 11 is 9.34. The van der Waals surface area contributed by atoms with E-state index in [0.29, 0.717) is 12.1 Å². The van der Waals surface area contributed by atoms with E-state index in [1.165, 1.54) is 12.1 Å². The topological polar surface area (TPSA) is 72.2 Å². The summed E-state index contributed by atoms with van der Waals surface area (Å²) in [5, 5.41) is 0.0951. The SMILES string of the molecule is CCc1cc(Br)ccc1NS(=O)(=O)c1c(N)cccc1Cl. The second-order valence-electron chi connectivity index (χ2n) is 4.42. The smallest absolute Gasteiger partial charge is 0.265 e. The molecule has 0 bridgehead atoms. The average Bonchev–Trinajstić information content (AvgIpc) is 2.40. The van der Waals surface area contributed by atoms with Crippen LogP contribution in [0.15, 0.2) is 45.8 Å². The fourth-order valence-electron chi connectivity index (χ4n) is 1.96. The average molecular weight is 390 g/mol. The normalized spacial score (nSPS) is 11.4. The quantitative estimate of drug-likeness (QED) is 0.775. The summed E-state index contributed by atoms with van der Waals surface area (Å²) in [6.07, 6.45) is 0.690. The minimum atomic E-state index is -3.84. The van der Waals surface area contributed by atoms with E-state index in [2.05, 4.69) is 20.7 Å². The highest BCUT2D eigenvalue weighted by atomic mass is 79.9. The van der Waals surface area contributed by atoms with Crippen molar-refractivity contribution in [2.45, 2.75) is 18.2 Å². The molecule has 2 aromatic rings. The van der Waals surface area contributed by atoms with E-state index in [-0.39, 0.29) is 15.6 Å². The molecule has 0 aliphatic carbocycles. The molecule has 0 radical (unpaired) electrons. The molecule has 0 atom stereocenters. The number of nitrogen functional groups attached to an aromatic ring is 1. The van der Waals surface area contributed by atoms with Crippen LogP contribution in [-0.4, -0.2) is 8.42 Å². The lowest BCUT2D eigenvalue weighted by Gasteiger charge is -2.14. The van der Waals surface area contributed by atoms with Crippen molar-refractivity contribution < 1.29 is 8.42 Å². The van der Waals surface area contributed by atoms with Crippen LogP contribution >= 0.6 is 27.5 Å². The fraction of sp³-hybridized carbons (Fsp3) is 0.143. The lowest BCUT2D eigenvalue weighted by molar-refractivity contribution is 0.601. The maximum Gasteiger partial charge on any atom is 0.265 e. The lowest BCUT2D eigenvalue weighted by Crippen LogP contribution is -2.16. The van der Waals surface area contributed by atoms with Crippen molar-refractivity contribution in [2.24, 2.45) is 0 Å². The Kier molecular flexibility index (Phi) is 4.81. The van der Waals surface area contributed by atoms with Gasteiger partial charge < -0.3 is 5.73 Å². The van der Waals surface area contributed by atoms with Crippen LogP contribution in [0.2, 0.25) is 5.02 Å². The molecule has 0 heterocycles. The van der Waals surface area contributed by atoms with Gasteiger partial charge in [-0.15, -0.1) is 0 Å². The van der Waals surface area contributed by atoms with Crippen LogP contribution in [0.5, 0.6) is 0 Å². The van der Waals surface area contributed by atoms with Crippen LogP contribution in [0, 0.1) is 0 Å². The molecule has 0 unspecified atom stereocenters. The summed E-state index contributed by atoms with van der Waals surface area (Å²) in [4.78, 5) is -0.100. The second-order valence-corrected chi connectivity index (χ2v) is 7.36. The second kappa shape index (κ2) is 6.25. The summed E-state index contributed by atoms with van der Waals surface area (Å²) in [5.74, 6) is 0. The van der Waals surface area contributed by atoms with Gasteiger partial charge in [-0.2, -0.15) is 0 Å². The van der Waals surface area contributed by atoms with E-state index >= 15 is 0 Å². The van der Waals surface area contributed by atoms with Crippen LogP contribution in [-0.2, 0) is 16.4 Å². The molecule has 0 saturated carbocycles. The molecule has 7 heteroatoms. The number of aryl methyl sites for hydroxylation is 1. The number of anilines is 2. The molecule has 0 spiro atoms. The van der Waals surface area contributed by atoms with E-state index in [4.69, 9.17) is 17.3 Å². The zero-order valence-corrected chi connectivity index (χ0v) is 14.4. The van der Waals surface area contributed by atoms with Crippen LogP contribution in [0.25, 0.3) is 0 Å². The molecule has 0 aliphatic rings. The highest BCUT2D eigenvalue weighted by molar-refractivity contribution is 9.10. The Morgan fingerprint density at radius 3 is 2.62 bits per heavy atom. The van der Waals surface area contributed by atoms with Crippen LogP contribution in [0.1, 0.15) is 12.5 Å². The third-order valence-electron chi connectivity index (χ3n) is 2.96. The van der Waals surface area contributed by atoms with E-state index in [1.54, 1.807) is 18.2 Å². The fourth-order valence-corrected chi connectivity index (χ4v) is 4.15. The van der Waals surface area contributed by atoms with Crippen molar-refractivity contribution in [3.63, 3.8) is 0 Å². The molecular formula is C14H14BrClN2O2S. The third-order valence-corrected chi connectivity index (χ3v) is 5.36. The number of sulfonamides is 1. The predicted molar refractivity (Wildman–Crippen MR) is 90.2 cm³/mol. The zero-order valence-electron chi connectivity index (χ0n) is 11.2. The highest BCUT2D eigenvalue weighted by Crippen LogP contribution is 2.30. The minimum absolute atomic E-state index is 0.0951. The molecule has 0 aliphatic heterocycles. The summed E-state index contributed by atoms with van der Waals surface area (Å²) in [6, 6.07) is 9.94. The van der Waals surface area contributed by atoms with Crippen LogP contribution < -0.4 is 10.5 Å². The standard InChI is InChI=1S/C14H14BrClN2O2S/c1-2-9-8-10(15)6-7-13(9)18-21(19,20)14-11(16)4-3-5-12(14)17/h3-8,18H,2,17H2,1H3. The molecule has 3 N–H and O–H groups in total. The number of nitrogens with one attached hydrogen (secondary N) is 1. The van der Waals surface area contributed by atoms with Gasteiger partial charge in [-0.3, -0.25) is 4.72 Å². The molecule has 0 aromatic heterocycles. The molecular weight excluding hydrogens is 376 g/mol. The molecule has 0 saturated heterocycles. The predicted octanol–water partition coefficient (Wildman–Crippen LogP) is 4.05. The van der Waals surface area contributed by atoms with E-state index < -0.39 is 10.0 Å². The van der Waals surface area contributed by atoms with Crippen molar-refractivity contribution in [3.05, 3.63) is 51.5 Å². The van der Waals surface area contributed by atoms with E-state index in [1.807, 2.05) is 13.0 Å². The number of benzene rings is 2. The third kappa shape index (κ3) is 3.51. The van der Waals surface area contributed by atoms with Gasteiger partial charge in [0.2, 0.25) is 0 Å². The molecule has 0 fully saturated rings. The number of rotatable bonds is 4. The monoisotopic (exact) mass is 388 g/mol. The van der Waals surface area contributed by atoms with Gasteiger partial charge in [-0.05, 0) is 42.3 Å². The largest absolute Gasteiger partial charge is 0.398 e. The summed E-state index contributed by atoms with van der Waals surface area (Å²) < 4.78 is 28.5. The van der Waals surface area contributed by atoms with Gasteiger partial charge in [-0.25, -0.2) is 8.42 Å². The molecule has 0 amide bonds. The van der Waals surface area contributed by atoms with Gasteiger partial charge >= 0.3 is 0 Å². The van der Waals surface area contributed by atoms with E-state index in [0.717, 1.165) is 10.0 Å². The van der Waals surface area contributed by atoms with Crippen LogP contribution in [0.4, 0.5) is 11.4 Å². The Hall–Kier alpha value is -1.24. The maximum absolute atomic E-state index is 12.5. The van der Waals surface area contributed by atoms with Crippen LogP contribution in [0.3, 0.4) is 0 Å². The summed E-state index contributed by atoms with van der Waals surface area (Å²) in [5.41, 5.74) is 7.25. The number of halogens is 2. The minimum Gasteiger partial charge on any atom is -0.398 e. The van der Waals surface area contributed by atoms with Gasteiger partial charge in [0.25, 0.3) is 10.0 Å². The first-order chi connectivity index (χ1) is 9.85. The van der Waals surface area contributed by atoms with Gasteiger partial charge in [0.15, 0.2) is 0 Å². The van der Waals surface area contributed by atoms with Gasteiger partial charge in [0, 0.05) is 4.47 Å². The summed E-state index contributed by atoms with van der Waals surface area (Å²) in [7, 11) is -3.84. The number of nitrogens with two attached hydrogens (primary N) is 1. The van der Waals surface area contributed by atoms with Gasteiger partial charge in [0.05, 0.1) is 16.4 Å². The Morgan fingerprint density at radius 2 is 2.00 bits per heavy atom.